The zero-order valence-electron chi connectivity index (χ0n) is 42.0. The van der Waals surface area contributed by atoms with Gasteiger partial charge in [0.05, 0.1) is 18.3 Å². The first-order valence-corrected chi connectivity index (χ1v) is 25.2. The molecule has 13 atom stereocenters. The highest BCUT2D eigenvalue weighted by molar-refractivity contribution is 6.39. The molecule has 2 saturated heterocycles. The lowest BCUT2D eigenvalue weighted by molar-refractivity contribution is -0.302. The molecule has 13 heteroatoms. The number of aliphatic hydroxyl groups is 1. The van der Waals surface area contributed by atoms with Crippen molar-refractivity contribution in [2.45, 2.75) is 180 Å². The van der Waals surface area contributed by atoms with Crippen molar-refractivity contribution in [3.8, 4) is 5.75 Å². The molecular formula is C54H80N2O11. The maximum absolute atomic E-state index is 14.6. The van der Waals surface area contributed by atoms with Gasteiger partial charge in [-0.25, -0.2) is 4.79 Å². The third-order valence-electron chi connectivity index (χ3n) is 15.1. The molecule has 1 aliphatic carbocycles. The summed E-state index contributed by atoms with van der Waals surface area (Å²) in [5.74, 6) is -5.33. The second-order valence-electron chi connectivity index (χ2n) is 20.4. The fourth-order valence-electron chi connectivity index (χ4n) is 11.2. The Balaban J connectivity index is 1.29. The molecule has 372 valence electrons. The monoisotopic (exact) mass is 933 g/mol. The second-order valence-corrected chi connectivity index (χ2v) is 20.4. The van der Waals surface area contributed by atoms with Crippen molar-refractivity contribution in [1.82, 2.24) is 9.47 Å². The number of allylic oxidation sites excluding steroid dienone is 3. The summed E-state index contributed by atoms with van der Waals surface area (Å²) in [6, 6.07) is 7.22. The van der Waals surface area contributed by atoms with Crippen LogP contribution in [0.25, 0.3) is 10.9 Å². The minimum Gasteiger partial charge on any atom is -0.488 e. The van der Waals surface area contributed by atoms with E-state index in [1.807, 2.05) is 47.0 Å². The van der Waals surface area contributed by atoms with Gasteiger partial charge in [0.1, 0.15) is 35.9 Å². The van der Waals surface area contributed by atoms with Gasteiger partial charge in [-0.15, -0.1) is 0 Å². The van der Waals surface area contributed by atoms with Gasteiger partial charge in [-0.1, -0.05) is 52.3 Å². The number of cyclic esters (lactones) is 1. The van der Waals surface area contributed by atoms with Crippen molar-refractivity contribution >= 4 is 34.3 Å². The van der Waals surface area contributed by atoms with Gasteiger partial charge in [-0.3, -0.25) is 14.4 Å². The number of nitrogens with zero attached hydrogens (tertiary/aromatic N) is 2. The summed E-state index contributed by atoms with van der Waals surface area (Å²) < 4.78 is 39.9. The lowest BCUT2D eigenvalue weighted by Crippen LogP contribution is -2.64. The first-order valence-electron chi connectivity index (χ1n) is 25.2. The Morgan fingerprint density at radius 3 is 2.39 bits per heavy atom. The smallest absolute Gasteiger partial charge is 0.329 e. The molecule has 1 saturated carbocycles. The van der Waals surface area contributed by atoms with Gasteiger partial charge in [-0.2, -0.15) is 0 Å². The molecule has 1 aromatic carbocycles. The van der Waals surface area contributed by atoms with Crippen LogP contribution in [-0.4, -0.2) is 114 Å². The van der Waals surface area contributed by atoms with E-state index in [2.05, 4.69) is 48.8 Å². The molecule has 13 unspecified atom stereocenters. The van der Waals surface area contributed by atoms with E-state index in [-0.39, 0.29) is 54.6 Å². The predicted molar refractivity (Wildman–Crippen MR) is 257 cm³/mol. The van der Waals surface area contributed by atoms with Crippen LogP contribution in [0.4, 0.5) is 0 Å². The summed E-state index contributed by atoms with van der Waals surface area (Å²) in [6.45, 7) is 14.7. The third kappa shape index (κ3) is 12.5. The quantitative estimate of drug-likeness (QED) is 0.138. The molecule has 6 rings (SSSR count). The fraction of sp³-hybridized carbons (Fsp3) is 0.704. The van der Waals surface area contributed by atoms with Crippen LogP contribution in [-0.2, 0) is 49.9 Å². The molecule has 1 amide bonds. The summed E-state index contributed by atoms with van der Waals surface area (Å²) in [5, 5.41) is 13.3. The number of fused-ring (bicyclic) bond motifs is 4. The highest BCUT2D eigenvalue weighted by Gasteiger charge is 2.56. The summed E-state index contributed by atoms with van der Waals surface area (Å²) in [6.07, 6.45) is 11.1. The molecule has 1 N–H and O–H groups in total. The number of ether oxygens (including phenoxy) is 6. The van der Waals surface area contributed by atoms with Crippen LogP contribution >= 0.6 is 0 Å². The summed E-state index contributed by atoms with van der Waals surface area (Å²) in [7, 11) is 5.15. The topological polar surface area (TPSA) is 152 Å². The van der Waals surface area contributed by atoms with Gasteiger partial charge in [0.15, 0.2) is 0 Å². The van der Waals surface area contributed by atoms with E-state index in [0.717, 1.165) is 53.5 Å². The number of aryl methyl sites for hydroxylation is 1. The van der Waals surface area contributed by atoms with Crippen LogP contribution in [0.3, 0.4) is 0 Å². The summed E-state index contributed by atoms with van der Waals surface area (Å²) >= 11 is 0. The maximum atomic E-state index is 14.6. The van der Waals surface area contributed by atoms with Gasteiger partial charge < -0.3 is 43.0 Å². The summed E-state index contributed by atoms with van der Waals surface area (Å²) in [4.78, 5) is 58.7. The number of Topliss-reactive ketones (excluding diaryl/α,β-unsaturated/α-hetero) is 2. The number of hydrogen-bond donors (Lipinski definition) is 1. The molecule has 3 aliphatic heterocycles. The van der Waals surface area contributed by atoms with Gasteiger partial charge in [0.2, 0.25) is 5.79 Å². The average molecular weight is 933 g/mol. The number of esters is 1. The second kappa shape index (κ2) is 23.6. The van der Waals surface area contributed by atoms with E-state index in [0.29, 0.717) is 58.0 Å². The minimum atomic E-state index is -2.47. The molecule has 3 fully saturated rings. The lowest BCUT2D eigenvalue weighted by atomic mass is 9.82. The number of ketones is 2. The van der Waals surface area contributed by atoms with Crippen LogP contribution < -0.4 is 4.74 Å². The van der Waals surface area contributed by atoms with Gasteiger partial charge in [-0.05, 0) is 138 Å². The van der Waals surface area contributed by atoms with Crippen LogP contribution in [0.5, 0.6) is 5.75 Å². The van der Waals surface area contributed by atoms with Crippen LogP contribution in [0.2, 0.25) is 0 Å². The first-order chi connectivity index (χ1) is 32.0. The van der Waals surface area contributed by atoms with Crippen LogP contribution in [0.15, 0.2) is 53.8 Å². The van der Waals surface area contributed by atoms with Crippen LogP contribution in [0, 0.1) is 29.6 Å². The number of aromatic nitrogens is 1. The van der Waals surface area contributed by atoms with E-state index < -0.39 is 59.8 Å². The van der Waals surface area contributed by atoms with Gasteiger partial charge in [0.25, 0.3) is 11.7 Å². The third-order valence-corrected chi connectivity index (χ3v) is 15.1. The Morgan fingerprint density at radius 2 is 1.67 bits per heavy atom. The van der Waals surface area contributed by atoms with E-state index in [1.54, 1.807) is 21.1 Å². The van der Waals surface area contributed by atoms with Crippen molar-refractivity contribution in [2.75, 3.05) is 27.4 Å². The Labute approximate surface area is 399 Å². The normalized spacial score (nSPS) is 35.6. The number of benzene rings is 1. The Kier molecular flexibility index (Phi) is 18.5. The van der Waals surface area contributed by atoms with Crippen molar-refractivity contribution in [2.24, 2.45) is 36.6 Å². The zero-order valence-corrected chi connectivity index (χ0v) is 42.0. The molecule has 4 aliphatic rings. The van der Waals surface area contributed by atoms with E-state index in [1.165, 1.54) is 4.90 Å². The molecule has 0 radical (unpaired) electrons. The molecule has 4 heterocycles. The molecule has 2 aromatic rings. The number of hydrogen-bond acceptors (Lipinski definition) is 11. The fourth-order valence-corrected chi connectivity index (χ4v) is 11.2. The Morgan fingerprint density at radius 1 is 0.925 bits per heavy atom. The zero-order chi connectivity index (χ0) is 48.6. The van der Waals surface area contributed by atoms with E-state index in [4.69, 9.17) is 28.4 Å². The number of rotatable bonds is 10. The largest absolute Gasteiger partial charge is 0.488 e. The van der Waals surface area contributed by atoms with Crippen molar-refractivity contribution in [1.29, 1.82) is 0 Å². The van der Waals surface area contributed by atoms with E-state index >= 15 is 0 Å². The van der Waals surface area contributed by atoms with Gasteiger partial charge >= 0.3 is 5.97 Å². The molecule has 1 aromatic heterocycles. The SMILES string of the molecule is CCCOC1CC(C=C(C)C2OC(=O)C3CCCCN3C(=O)C(=O)C3(O)OC(C(OC)CC(C)C/C(C)=C/C(CC)C(=O)CCC2C)C(OC)CC3C)CCC1Oc1ccc2c(ccn2C)c1. The molecule has 13 nitrogen and oxygen atoms in total. The van der Waals surface area contributed by atoms with Crippen molar-refractivity contribution < 1.29 is 52.7 Å². The van der Waals surface area contributed by atoms with Crippen molar-refractivity contribution in [3.05, 3.63) is 53.8 Å². The standard InChI is InChI=1S/C54H80N2O11/c1-11-25-64-46-31-38(17-21-45(46)65-41-18-19-42-40(32-41)22-24-55(42)8)29-36(6)49-35(5)16-20-44(57)39(12-2)27-33(3)26-34(4)28-47(62-9)50-48(63-10)30-37(7)54(61,67-50)51(58)52(59)56-23-14-13-15-43(56)53(60)66-49/h18-19,22,24,27,29,32,34-35,37-39,43,45-50,61H,11-17,20-21,23,25-26,28,30-31H2,1-10H3/b33-27+,36-29?. The average Bonchev–Trinajstić information content (AvgIpc) is 3.69. The first kappa shape index (κ1) is 52.5. The van der Waals surface area contributed by atoms with Gasteiger partial charge in [0, 0.05) is 69.8 Å². The van der Waals surface area contributed by atoms with Crippen molar-refractivity contribution in [3.63, 3.8) is 0 Å². The number of piperidine rings is 1. The minimum absolute atomic E-state index is 0.0854. The number of amides is 1. The number of carbonyl (C=O) groups is 4. The Bertz CT molecular complexity index is 2080. The highest BCUT2D eigenvalue weighted by Crippen LogP contribution is 2.40. The van der Waals surface area contributed by atoms with Crippen LogP contribution in [0.1, 0.15) is 132 Å². The molecular weight excluding hydrogens is 853 g/mol. The lowest BCUT2D eigenvalue weighted by Gasteiger charge is -2.47. The predicted octanol–water partition coefficient (Wildman–Crippen LogP) is 8.86. The van der Waals surface area contributed by atoms with E-state index in [9.17, 15) is 24.3 Å². The highest BCUT2D eigenvalue weighted by atomic mass is 16.7. The maximum Gasteiger partial charge on any atom is 0.329 e. The molecule has 2 bridgehead atoms. The molecule has 67 heavy (non-hydrogen) atoms. The number of carbonyl (C=O) groups excluding carboxylic acids is 4. The number of methoxy groups -OCH3 is 2. The molecule has 0 spiro atoms. The Hall–Kier alpha value is -3.88. The summed E-state index contributed by atoms with van der Waals surface area (Å²) in [5.41, 5.74) is 3.09.